The zero-order valence-corrected chi connectivity index (χ0v) is 18.1. The van der Waals surface area contributed by atoms with Gasteiger partial charge in [0.25, 0.3) is 0 Å². The molecule has 5 aromatic carbocycles. The van der Waals surface area contributed by atoms with Crippen LogP contribution < -0.4 is 14.9 Å². The normalized spacial score (nSPS) is 15.8. The molecule has 0 amide bonds. The lowest BCUT2D eigenvalue weighted by molar-refractivity contribution is 0.589. The van der Waals surface area contributed by atoms with E-state index in [1.165, 1.54) is 43.5 Å². The summed E-state index contributed by atoms with van der Waals surface area (Å²) in [4.78, 5) is 0. The van der Waals surface area contributed by atoms with E-state index in [1.807, 2.05) is 0 Å². The first-order valence-corrected chi connectivity index (χ1v) is 11.9. The minimum atomic E-state index is -1.02. The fourth-order valence-corrected chi connectivity index (χ4v) is 6.30. The number of hydrogen-bond acceptors (Lipinski definition) is 2. The van der Waals surface area contributed by atoms with Crippen molar-refractivity contribution >= 4 is 35.1 Å². The first kappa shape index (κ1) is 18.6. The average molecular weight is 419 g/mol. The lowest BCUT2D eigenvalue weighted by atomic mass is 9.93. The standard InChI is InChI=1S/C28H22NOP/c1-19(20-9-3-2-4-10-20)29-31-26-18-16-22-12-6-8-14-24(22)28(26)27-23-13-7-5-11-21(23)15-17-25(27)30-31/h2-19,29H,1H3/t19-,31?/m0/s1. The third kappa shape index (κ3) is 3.11. The second-order valence-corrected chi connectivity index (χ2v) is 9.50. The summed E-state index contributed by atoms with van der Waals surface area (Å²) in [5.41, 5.74) is 3.77. The summed E-state index contributed by atoms with van der Waals surface area (Å²) in [6, 6.07) is 36.8. The van der Waals surface area contributed by atoms with Crippen LogP contribution >= 0.6 is 8.30 Å². The molecular weight excluding hydrogens is 397 g/mol. The molecule has 0 saturated heterocycles. The quantitative estimate of drug-likeness (QED) is 0.309. The minimum Gasteiger partial charge on any atom is -0.453 e. The molecule has 0 spiro atoms. The molecule has 1 unspecified atom stereocenters. The number of hydrogen-bond donors (Lipinski definition) is 1. The van der Waals surface area contributed by atoms with Crippen LogP contribution in [-0.2, 0) is 0 Å². The Balaban J connectivity index is 1.57. The molecule has 1 aliphatic heterocycles. The first-order valence-electron chi connectivity index (χ1n) is 10.6. The smallest absolute Gasteiger partial charge is 0.195 e. The monoisotopic (exact) mass is 419 g/mol. The molecular formula is C28H22NOP. The van der Waals surface area contributed by atoms with E-state index in [1.54, 1.807) is 0 Å². The molecule has 31 heavy (non-hydrogen) atoms. The summed E-state index contributed by atoms with van der Waals surface area (Å²) >= 11 is 0. The van der Waals surface area contributed by atoms with Crippen molar-refractivity contribution in [2.24, 2.45) is 0 Å². The Morgan fingerprint density at radius 3 is 2.00 bits per heavy atom. The van der Waals surface area contributed by atoms with Gasteiger partial charge in [-0.05, 0) is 46.2 Å². The number of benzene rings is 5. The molecule has 0 aromatic heterocycles. The molecule has 6 rings (SSSR count). The van der Waals surface area contributed by atoms with E-state index >= 15 is 0 Å². The predicted molar refractivity (Wildman–Crippen MR) is 132 cm³/mol. The van der Waals surface area contributed by atoms with Gasteiger partial charge in [0, 0.05) is 22.5 Å². The van der Waals surface area contributed by atoms with Crippen LogP contribution in [0.4, 0.5) is 0 Å². The molecule has 0 bridgehead atoms. The van der Waals surface area contributed by atoms with E-state index < -0.39 is 8.30 Å². The van der Waals surface area contributed by atoms with E-state index in [9.17, 15) is 0 Å². The van der Waals surface area contributed by atoms with Gasteiger partial charge in [-0.2, -0.15) is 0 Å². The van der Waals surface area contributed by atoms with E-state index in [0.29, 0.717) is 0 Å². The Labute approximate surface area is 183 Å². The summed E-state index contributed by atoms with van der Waals surface area (Å²) in [5.74, 6) is 0.960. The highest BCUT2D eigenvalue weighted by atomic mass is 31.2. The highest BCUT2D eigenvalue weighted by Crippen LogP contribution is 2.52. The second kappa shape index (κ2) is 7.50. The van der Waals surface area contributed by atoms with Crippen LogP contribution in [-0.4, -0.2) is 0 Å². The number of fused-ring (bicyclic) bond motifs is 7. The highest BCUT2D eigenvalue weighted by Gasteiger charge is 2.30. The summed E-state index contributed by atoms with van der Waals surface area (Å²) < 4.78 is 6.66. The number of rotatable bonds is 3. The van der Waals surface area contributed by atoms with E-state index in [-0.39, 0.29) is 6.04 Å². The highest BCUT2D eigenvalue weighted by molar-refractivity contribution is 7.59. The van der Waals surface area contributed by atoms with Crippen LogP contribution in [0.2, 0.25) is 0 Å². The van der Waals surface area contributed by atoms with Crippen LogP contribution in [0.15, 0.2) is 103 Å². The van der Waals surface area contributed by atoms with Crippen molar-refractivity contribution < 1.29 is 4.52 Å². The predicted octanol–water partition coefficient (Wildman–Crippen LogP) is 7.34. The van der Waals surface area contributed by atoms with E-state index in [2.05, 4.69) is 115 Å². The Kier molecular flexibility index (Phi) is 4.49. The van der Waals surface area contributed by atoms with E-state index in [4.69, 9.17) is 4.52 Å². The maximum atomic E-state index is 6.66. The van der Waals surface area contributed by atoms with Gasteiger partial charge in [-0.1, -0.05) is 91.0 Å². The molecule has 1 N–H and O–H groups in total. The molecule has 5 aromatic rings. The molecule has 0 saturated carbocycles. The molecule has 2 nitrogen and oxygen atoms in total. The van der Waals surface area contributed by atoms with Gasteiger partial charge in [0.05, 0.1) is 0 Å². The fourth-order valence-electron chi connectivity index (χ4n) is 4.51. The lowest BCUT2D eigenvalue weighted by Crippen LogP contribution is -2.26. The first-order chi connectivity index (χ1) is 15.3. The SMILES string of the molecule is C[C@H](NP1Oc2ccc3ccccc3c2-c2c1ccc1ccccc21)c1ccccc1. The van der Waals surface area contributed by atoms with Gasteiger partial charge >= 0.3 is 0 Å². The summed E-state index contributed by atoms with van der Waals surface area (Å²) in [7, 11) is -1.02. The molecule has 0 fully saturated rings. The van der Waals surface area contributed by atoms with E-state index in [0.717, 1.165) is 5.75 Å². The van der Waals surface area contributed by atoms with Crippen LogP contribution in [0.25, 0.3) is 32.7 Å². The van der Waals surface area contributed by atoms with Gasteiger partial charge < -0.3 is 4.52 Å². The molecule has 1 heterocycles. The molecule has 2 atom stereocenters. The Hall–Kier alpha value is -3.19. The van der Waals surface area contributed by atoms with Crippen LogP contribution in [0.5, 0.6) is 5.75 Å². The van der Waals surface area contributed by atoms with Gasteiger partial charge in [0.2, 0.25) is 0 Å². The third-order valence-electron chi connectivity index (χ3n) is 6.07. The zero-order chi connectivity index (χ0) is 20.8. The van der Waals surface area contributed by atoms with Gasteiger partial charge in [0.1, 0.15) is 5.75 Å². The van der Waals surface area contributed by atoms with Crippen LogP contribution in [0.3, 0.4) is 0 Å². The van der Waals surface area contributed by atoms with Crippen molar-refractivity contribution in [1.82, 2.24) is 5.09 Å². The minimum absolute atomic E-state index is 0.189. The van der Waals surface area contributed by atoms with Crippen molar-refractivity contribution in [2.75, 3.05) is 0 Å². The van der Waals surface area contributed by atoms with Gasteiger partial charge in [-0.25, -0.2) is 0 Å². The summed E-state index contributed by atoms with van der Waals surface area (Å²) in [5, 5.41) is 10.1. The van der Waals surface area contributed by atoms with Gasteiger partial charge in [0.15, 0.2) is 8.30 Å². The second-order valence-electron chi connectivity index (χ2n) is 7.99. The zero-order valence-electron chi connectivity index (χ0n) is 17.2. The summed E-state index contributed by atoms with van der Waals surface area (Å²) in [6.07, 6.45) is 0. The topological polar surface area (TPSA) is 21.3 Å². The molecule has 3 heteroatoms. The van der Waals surface area contributed by atoms with Crippen molar-refractivity contribution in [3.63, 3.8) is 0 Å². The maximum Gasteiger partial charge on any atom is 0.195 e. The largest absolute Gasteiger partial charge is 0.453 e. The maximum absolute atomic E-state index is 6.66. The molecule has 0 aliphatic carbocycles. The van der Waals surface area contributed by atoms with Gasteiger partial charge in [-0.15, -0.1) is 0 Å². The van der Waals surface area contributed by atoms with Crippen molar-refractivity contribution in [3.8, 4) is 16.9 Å². The van der Waals surface area contributed by atoms with Crippen LogP contribution in [0.1, 0.15) is 18.5 Å². The molecule has 1 aliphatic rings. The fraction of sp³-hybridized carbons (Fsp3) is 0.0714. The lowest BCUT2D eigenvalue weighted by Gasteiger charge is -2.32. The molecule has 0 radical (unpaired) electrons. The Morgan fingerprint density at radius 2 is 1.26 bits per heavy atom. The summed E-state index contributed by atoms with van der Waals surface area (Å²) in [6.45, 7) is 2.21. The Bertz CT molecular complexity index is 1410. The van der Waals surface area contributed by atoms with Gasteiger partial charge in [-0.3, -0.25) is 5.09 Å². The third-order valence-corrected chi connectivity index (χ3v) is 7.88. The Morgan fingerprint density at radius 1 is 0.645 bits per heavy atom. The van der Waals surface area contributed by atoms with Crippen molar-refractivity contribution in [2.45, 2.75) is 13.0 Å². The average Bonchev–Trinajstić information content (AvgIpc) is 2.84. The van der Waals surface area contributed by atoms with Crippen molar-refractivity contribution in [1.29, 1.82) is 0 Å². The molecule has 150 valence electrons. The van der Waals surface area contributed by atoms with Crippen LogP contribution in [0, 0.1) is 0 Å². The van der Waals surface area contributed by atoms with Crippen molar-refractivity contribution in [3.05, 3.63) is 109 Å². The number of nitrogens with one attached hydrogen (secondary N) is 1.